The molecule has 0 aliphatic rings. The van der Waals surface area contributed by atoms with Crippen LogP contribution in [0.1, 0.15) is 52.4 Å². The van der Waals surface area contributed by atoms with E-state index in [1.54, 1.807) is 6.92 Å². The number of nitrogens with zero attached hydrogens (tertiary/aromatic N) is 1. The first-order chi connectivity index (χ1) is 11.6. The summed E-state index contributed by atoms with van der Waals surface area (Å²) in [6.07, 6.45) is 3.68. The molecule has 0 aromatic heterocycles. The number of alkyl halides is 6. The van der Waals surface area contributed by atoms with Crippen LogP contribution in [0.3, 0.4) is 0 Å². The number of halogens is 6. The van der Waals surface area contributed by atoms with Crippen LogP contribution in [0.5, 0.6) is 0 Å². The van der Waals surface area contributed by atoms with Gasteiger partial charge in [-0.1, -0.05) is 49.4 Å². The summed E-state index contributed by atoms with van der Waals surface area (Å²) in [5.74, 6) is -0.0296. The smallest absolute Gasteiger partial charge is 0.201 e. The summed E-state index contributed by atoms with van der Waals surface area (Å²) < 4.78 is 119. The van der Waals surface area contributed by atoms with Crippen molar-refractivity contribution in [3.63, 3.8) is 0 Å². The van der Waals surface area contributed by atoms with Crippen LogP contribution in [0, 0.1) is 5.92 Å². The van der Waals surface area contributed by atoms with Crippen LogP contribution in [-0.4, -0.2) is 37.5 Å². The van der Waals surface area contributed by atoms with Gasteiger partial charge in [-0.3, -0.25) is 0 Å². The summed E-state index contributed by atoms with van der Waals surface area (Å²) >= 11 is 0. The van der Waals surface area contributed by atoms with Gasteiger partial charge in [-0.15, -0.1) is 0 Å². The lowest BCUT2D eigenvalue weighted by atomic mass is 9.96. The third kappa shape index (κ3) is 6.79. The van der Waals surface area contributed by atoms with E-state index >= 15 is 0 Å². The van der Waals surface area contributed by atoms with E-state index in [-0.39, 0.29) is 12.3 Å². The van der Waals surface area contributed by atoms with Gasteiger partial charge in [0.1, 0.15) is 0 Å². The van der Waals surface area contributed by atoms with E-state index in [1.807, 2.05) is 6.92 Å². The zero-order chi connectivity index (χ0) is 20.8. The first-order valence-corrected chi connectivity index (χ1v) is 11.8. The maximum absolute atomic E-state index is 12.6. The zero-order valence-corrected chi connectivity index (χ0v) is 16.8. The Kier molecular flexibility index (Phi) is 9.83. The summed E-state index contributed by atoms with van der Waals surface area (Å²) in [5.41, 5.74) is -12.3. The number of unbranched alkanes of at least 4 members (excludes halogenated alkanes) is 2. The molecule has 0 aromatic rings. The molecule has 0 fully saturated rings. The van der Waals surface area contributed by atoms with Gasteiger partial charge in [0.2, 0.25) is 0 Å². The van der Waals surface area contributed by atoms with Crippen LogP contribution < -0.4 is 0 Å². The van der Waals surface area contributed by atoms with Gasteiger partial charge in [0.05, 0.1) is 0 Å². The lowest BCUT2D eigenvalue weighted by Crippen LogP contribution is -2.45. The lowest BCUT2D eigenvalue weighted by molar-refractivity contribution is -0.0504. The molecule has 0 saturated heterocycles. The Morgan fingerprint density at radius 2 is 1.31 bits per heavy atom. The normalized spacial score (nSPS) is 15.9. The van der Waals surface area contributed by atoms with Gasteiger partial charge < -0.3 is 0 Å². The maximum Gasteiger partial charge on any atom is 0.512 e. The molecule has 0 aliphatic heterocycles. The summed E-state index contributed by atoms with van der Waals surface area (Å²) in [5, 5.41) is 0. The summed E-state index contributed by atoms with van der Waals surface area (Å²) in [6, 6.07) is 0. The van der Waals surface area contributed by atoms with E-state index in [4.69, 9.17) is 0 Å². The fourth-order valence-electron chi connectivity index (χ4n) is 2.08. The van der Waals surface area contributed by atoms with Crippen molar-refractivity contribution < 1.29 is 43.2 Å². The Bertz CT molecular complexity index is 589. The van der Waals surface area contributed by atoms with Crippen molar-refractivity contribution in [1.29, 1.82) is 0 Å². The van der Waals surface area contributed by atoms with Crippen molar-refractivity contribution >= 4 is 28.8 Å². The van der Waals surface area contributed by atoms with E-state index in [0.717, 1.165) is 19.3 Å². The number of rotatable bonds is 11. The minimum Gasteiger partial charge on any atom is -0.201 e. The molecule has 0 heterocycles. The molecule has 0 bridgehead atoms. The fraction of sp³-hybridized carbons (Fsp3) is 1.00. The number of sulfonamides is 2. The molecule has 5 nitrogen and oxygen atoms in total. The van der Waals surface area contributed by atoms with Gasteiger partial charge in [-0.2, -0.15) is 26.3 Å². The molecule has 158 valence electrons. The fourth-order valence-corrected chi connectivity index (χ4v) is 7.25. The molecule has 0 amide bonds. The Labute approximate surface area is 151 Å². The quantitative estimate of drug-likeness (QED) is 0.261. The molecular weight excluding hydrogens is 431 g/mol. The van der Waals surface area contributed by atoms with Gasteiger partial charge in [0.15, 0.2) is 0 Å². The molecule has 0 spiro atoms. The molecule has 2 atom stereocenters. The molecule has 0 saturated carbocycles. The third-order valence-electron chi connectivity index (χ3n) is 3.61. The van der Waals surface area contributed by atoms with Gasteiger partial charge in [0.25, 0.3) is 0 Å². The molecule has 26 heavy (non-hydrogen) atoms. The molecule has 2 unspecified atom stereocenters. The zero-order valence-electron chi connectivity index (χ0n) is 14.2. The molecular formula is C12H22F6NO4PS2. The second kappa shape index (κ2) is 9.88. The third-order valence-corrected chi connectivity index (χ3v) is 9.82. The number of hydrogen-bond donors (Lipinski definition) is 0. The summed E-state index contributed by atoms with van der Waals surface area (Å²) in [4.78, 5) is 0. The minimum atomic E-state index is -6.67. The van der Waals surface area contributed by atoms with E-state index in [2.05, 4.69) is 0 Å². The predicted molar refractivity (Wildman–Crippen MR) is 87.5 cm³/mol. The summed E-state index contributed by atoms with van der Waals surface area (Å²) in [6.45, 7) is 3.75. The van der Waals surface area contributed by atoms with Crippen molar-refractivity contribution in [3.8, 4) is 0 Å². The summed E-state index contributed by atoms with van der Waals surface area (Å²) in [7, 11) is -15.0. The average molecular weight is 453 g/mol. The second-order valence-electron chi connectivity index (χ2n) is 5.57. The van der Waals surface area contributed by atoms with E-state index in [1.165, 1.54) is 0 Å². The average Bonchev–Trinajstić information content (AvgIpc) is 2.46. The SMILES string of the molecule is CCCCCC(CC)CCPN(S(=O)(=O)C(F)(F)F)S(=O)(=O)C(F)(F)F. The molecule has 0 aliphatic carbocycles. The Morgan fingerprint density at radius 3 is 1.65 bits per heavy atom. The largest absolute Gasteiger partial charge is 0.512 e. The van der Waals surface area contributed by atoms with Gasteiger partial charge in [0, 0.05) is 0 Å². The highest BCUT2D eigenvalue weighted by molar-refractivity contribution is 8.09. The monoisotopic (exact) mass is 453 g/mol. The molecule has 0 radical (unpaired) electrons. The van der Waals surface area contributed by atoms with Gasteiger partial charge >= 0.3 is 31.1 Å². The highest BCUT2D eigenvalue weighted by Gasteiger charge is 2.61. The standard InChI is InChI=1S/C12H22F6NO4PS2/c1-3-5-6-7-10(4-2)8-9-24-19(25(20,21)11(13,14)15)26(22,23)12(16,17)18/h10,24H,3-9H2,1-2H3. The molecule has 0 aromatic carbocycles. The van der Waals surface area contributed by atoms with Crippen molar-refractivity contribution in [1.82, 2.24) is 3.48 Å². The Hall–Kier alpha value is -0.130. The first kappa shape index (κ1) is 25.9. The number of hydrogen-bond acceptors (Lipinski definition) is 4. The highest BCUT2D eigenvalue weighted by atomic mass is 32.3. The second-order valence-corrected chi connectivity index (χ2v) is 11.3. The topological polar surface area (TPSA) is 71.5 Å². The van der Waals surface area contributed by atoms with Crippen molar-refractivity contribution in [3.05, 3.63) is 0 Å². The Morgan fingerprint density at radius 1 is 0.846 bits per heavy atom. The van der Waals surface area contributed by atoms with E-state index in [0.29, 0.717) is 12.8 Å². The lowest BCUT2D eigenvalue weighted by Gasteiger charge is -2.24. The van der Waals surface area contributed by atoms with Crippen LogP contribution in [0.25, 0.3) is 0 Å². The van der Waals surface area contributed by atoms with Crippen LogP contribution in [0.4, 0.5) is 26.3 Å². The maximum atomic E-state index is 12.6. The van der Waals surface area contributed by atoms with Crippen molar-refractivity contribution in [2.45, 2.75) is 63.4 Å². The van der Waals surface area contributed by atoms with Crippen LogP contribution in [0.2, 0.25) is 0 Å². The van der Waals surface area contributed by atoms with Crippen LogP contribution in [0.15, 0.2) is 0 Å². The van der Waals surface area contributed by atoms with Gasteiger partial charge in [-0.25, -0.2) is 16.8 Å². The molecule has 0 N–H and O–H groups in total. The predicted octanol–water partition coefficient (Wildman–Crippen LogP) is 4.58. The Balaban J connectivity index is 5.37. The first-order valence-electron chi connectivity index (χ1n) is 7.79. The molecule has 14 heteroatoms. The van der Waals surface area contributed by atoms with Crippen molar-refractivity contribution in [2.24, 2.45) is 5.92 Å². The van der Waals surface area contributed by atoms with Crippen molar-refractivity contribution in [2.75, 3.05) is 6.16 Å². The molecule has 0 rings (SSSR count). The van der Waals surface area contributed by atoms with Crippen LogP contribution >= 0.6 is 8.73 Å². The van der Waals surface area contributed by atoms with Crippen LogP contribution in [-0.2, 0) is 20.0 Å². The van der Waals surface area contributed by atoms with Gasteiger partial charge in [-0.05, 0) is 27.2 Å². The van der Waals surface area contributed by atoms with E-state index in [9.17, 15) is 43.2 Å². The van der Waals surface area contributed by atoms with E-state index < -0.39 is 49.4 Å². The highest BCUT2D eigenvalue weighted by Crippen LogP contribution is 2.42. The minimum absolute atomic E-state index is 0.0296.